The van der Waals surface area contributed by atoms with Gasteiger partial charge < -0.3 is 14.1 Å². The van der Waals surface area contributed by atoms with E-state index in [0.717, 1.165) is 11.4 Å². The maximum absolute atomic E-state index is 5.99. The summed E-state index contributed by atoms with van der Waals surface area (Å²) in [6, 6.07) is 10.2. The van der Waals surface area contributed by atoms with Crippen molar-refractivity contribution in [2.75, 3.05) is 4.90 Å². The molecular weight excluding hydrogens is 240 g/mol. The number of hydrogen-bond acceptors (Lipinski definition) is 4. The van der Waals surface area contributed by atoms with Crippen molar-refractivity contribution in [2.24, 2.45) is 5.92 Å². The van der Waals surface area contributed by atoms with E-state index < -0.39 is 0 Å². The van der Waals surface area contributed by atoms with Gasteiger partial charge in [0.25, 0.3) is 0 Å². The van der Waals surface area contributed by atoms with E-state index in [4.69, 9.17) is 9.15 Å². The SMILES string of the molecule is CC(C)C1OC(c2cnco2)=CN1c1ccccc1. The van der Waals surface area contributed by atoms with Gasteiger partial charge in [-0.25, -0.2) is 4.98 Å². The summed E-state index contributed by atoms with van der Waals surface area (Å²) in [7, 11) is 0. The van der Waals surface area contributed by atoms with Gasteiger partial charge in [-0.2, -0.15) is 0 Å². The van der Waals surface area contributed by atoms with Crippen LogP contribution in [0.25, 0.3) is 5.76 Å². The van der Waals surface area contributed by atoms with Crippen LogP contribution in [0.2, 0.25) is 0 Å². The number of hydrogen-bond donors (Lipinski definition) is 0. The summed E-state index contributed by atoms with van der Waals surface area (Å²) < 4.78 is 11.3. The summed E-state index contributed by atoms with van der Waals surface area (Å²) in [5.41, 5.74) is 1.11. The van der Waals surface area contributed by atoms with Gasteiger partial charge in [-0.3, -0.25) is 0 Å². The number of ether oxygens (including phenoxy) is 1. The van der Waals surface area contributed by atoms with Crippen molar-refractivity contribution in [1.82, 2.24) is 4.98 Å². The number of para-hydroxylation sites is 1. The van der Waals surface area contributed by atoms with Gasteiger partial charge in [0.05, 0.1) is 12.4 Å². The summed E-state index contributed by atoms with van der Waals surface area (Å²) in [5.74, 6) is 1.74. The second-order valence-corrected chi connectivity index (χ2v) is 4.85. The van der Waals surface area contributed by atoms with E-state index in [9.17, 15) is 0 Å². The molecule has 2 aromatic rings. The molecule has 98 valence electrons. The molecule has 1 unspecified atom stereocenters. The average Bonchev–Trinajstić information content (AvgIpc) is 3.08. The lowest BCUT2D eigenvalue weighted by Crippen LogP contribution is -2.32. The second-order valence-electron chi connectivity index (χ2n) is 4.85. The van der Waals surface area contributed by atoms with Crippen molar-refractivity contribution >= 4 is 11.4 Å². The molecule has 2 heterocycles. The molecule has 0 radical (unpaired) electrons. The standard InChI is InChI=1S/C15H16N2O2/c1-11(2)15-17(12-6-4-3-5-7-12)9-14(19-15)13-8-16-10-18-13/h3-11,15H,1-2H3. The van der Waals surface area contributed by atoms with Crippen molar-refractivity contribution in [1.29, 1.82) is 0 Å². The first kappa shape index (κ1) is 11.8. The maximum Gasteiger partial charge on any atom is 0.190 e. The molecule has 0 saturated carbocycles. The Kier molecular flexibility index (Phi) is 2.99. The smallest absolute Gasteiger partial charge is 0.190 e. The first-order valence-electron chi connectivity index (χ1n) is 6.36. The molecule has 0 amide bonds. The lowest BCUT2D eigenvalue weighted by atomic mass is 10.1. The van der Waals surface area contributed by atoms with E-state index in [1.165, 1.54) is 6.39 Å². The van der Waals surface area contributed by atoms with Crippen LogP contribution in [0, 0.1) is 5.92 Å². The Balaban J connectivity index is 1.95. The van der Waals surface area contributed by atoms with E-state index in [1.807, 2.05) is 24.4 Å². The van der Waals surface area contributed by atoms with Crippen LogP contribution in [0.15, 0.2) is 53.5 Å². The second kappa shape index (κ2) is 4.80. The normalized spacial score (nSPS) is 18.6. The number of oxazole rings is 1. The first-order chi connectivity index (χ1) is 9.25. The van der Waals surface area contributed by atoms with Gasteiger partial charge in [0.15, 0.2) is 24.1 Å². The highest BCUT2D eigenvalue weighted by atomic mass is 16.5. The predicted molar refractivity (Wildman–Crippen MR) is 73.1 cm³/mol. The molecule has 19 heavy (non-hydrogen) atoms. The molecule has 0 fully saturated rings. The zero-order chi connectivity index (χ0) is 13.2. The van der Waals surface area contributed by atoms with Crippen LogP contribution in [0.4, 0.5) is 5.69 Å². The van der Waals surface area contributed by atoms with Crippen molar-refractivity contribution in [3.8, 4) is 0 Å². The molecule has 0 bridgehead atoms. The van der Waals surface area contributed by atoms with Crippen LogP contribution >= 0.6 is 0 Å². The lowest BCUT2D eigenvalue weighted by molar-refractivity contribution is 0.140. The van der Waals surface area contributed by atoms with Gasteiger partial charge in [-0.05, 0) is 12.1 Å². The van der Waals surface area contributed by atoms with Crippen LogP contribution in [0.3, 0.4) is 0 Å². The van der Waals surface area contributed by atoms with Gasteiger partial charge in [-0.15, -0.1) is 0 Å². The highest BCUT2D eigenvalue weighted by molar-refractivity contribution is 5.64. The molecule has 4 nitrogen and oxygen atoms in total. The first-order valence-corrected chi connectivity index (χ1v) is 6.36. The summed E-state index contributed by atoms with van der Waals surface area (Å²) in [6.45, 7) is 4.27. The van der Waals surface area contributed by atoms with E-state index >= 15 is 0 Å². The number of aromatic nitrogens is 1. The third-order valence-corrected chi connectivity index (χ3v) is 3.08. The Morgan fingerprint density at radius 1 is 1.21 bits per heavy atom. The van der Waals surface area contributed by atoms with E-state index in [2.05, 4.69) is 35.9 Å². The van der Waals surface area contributed by atoms with Crippen LogP contribution in [0.5, 0.6) is 0 Å². The number of anilines is 1. The van der Waals surface area contributed by atoms with Gasteiger partial charge in [0.1, 0.15) is 0 Å². The molecule has 0 saturated heterocycles. The number of benzene rings is 1. The Bertz CT molecular complexity index is 561. The molecule has 1 aliphatic rings. The van der Waals surface area contributed by atoms with Gasteiger partial charge in [0, 0.05) is 11.6 Å². The van der Waals surface area contributed by atoms with Gasteiger partial charge >= 0.3 is 0 Å². The third kappa shape index (κ3) is 2.21. The largest absolute Gasteiger partial charge is 0.464 e. The van der Waals surface area contributed by atoms with Crippen molar-refractivity contribution in [2.45, 2.75) is 20.1 Å². The monoisotopic (exact) mass is 256 g/mol. The fourth-order valence-corrected chi connectivity index (χ4v) is 2.16. The summed E-state index contributed by atoms with van der Waals surface area (Å²) >= 11 is 0. The Morgan fingerprint density at radius 3 is 2.63 bits per heavy atom. The number of nitrogens with zero attached hydrogens (tertiary/aromatic N) is 2. The molecule has 1 aromatic carbocycles. The fourth-order valence-electron chi connectivity index (χ4n) is 2.16. The minimum Gasteiger partial charge on any atom is -0.464 e. The van der Waals surface area contributed by atoms with Crippen LogP contribution < -0.4 is 4.90 Å². The maximum atomic E-state index is 5.99. The molecule has 4 heteroatoms. The Hall–Kier alpha value is -2.23. The molecule has 0 aliphatic carbocycles. The van der Waals surface area contributed by atoms with Crippen LogP contribution in [-0.4, -0.2) is 11.2 Å². The highest BCUT2D eigenvalue weighted by Crippen LogP contribution is 2.33. The van der Waals surface area contributed by atoms with Crippen LogP contribution in [0.1, 0.15) is 19.6 Å². The predicted octanol–water partition coefficient (Wildman–Crippen LogP) is 3.49. The molecule has 1 aliphatic heterocycles. The lowest BCUT2D eigenvalue weighted by Gasteiger charge is -2.27. The molecule has 1 atom stereocenters. The molecule has 1 aromatic heterocycles. The summed E-state index contributed by atoms with van der Waals surface area (Å²) in [5, 5.41) is 0. The van der Waals surface area contributed by atoms with Gasteiger partial charge in [0.2, 0.25) is 0 Å². The van der Waals surface area contributed by atoms with Crippen molar-refractivity contribution in [3.63, 3.8) is 0 Å². The molecule has 0 N–H and O–H groups in total. The van der Waals surface area contributed by atoms with E-state index in [1.54, 1.807) is 6.20 Å². The zero-order valence-corrected chi connectivity index (χ0v) is 11.0. The van der Waals surface area contributed by atoms with Crippen LogP contribution in [-0.2, 0) is 4.74 Å². The van der Waals surface area contributed by atoms with E-state index in [-0.39, 0.29) is 6.23 Å². The molecule has 0 spiro atoms. The molecule has 3 rings (SSSR count). The Morgan fingerprint density at radius 2 is 2.00 bits per heavy atom. The summed E-state index contributed by atoms with van der Waals surface area (Å²) in [4.78, 5) is 6.06. The minimum atomic E-state index is -0.0255. The van der Waals surface area contributed by atoms with Gasteiger partial charge in [-0.1, -0.05) is 32.0 Å². The topological polar surface area (TPSA) is 38.5 Å². The number of rotatable bonds is 3. The van der Waals surface area contributed by atoms with Crippen molar-refractivity contribution in [3.05, 3.63) is 54.9 Å². The minimum absolute atomic E-state index is 0.0255. The third-order valence-electron chi connectivity index (χ3n) is 3.08. The average molecular weight is 256 g/mol. The Labute approximate surface area is 112 Å². The van der Waals surface area contributed by atoms with Crippen molar-refractivity contribution < 1.29 is 9.15 Å². The fraction of sp³-hybridized carbons (Fsp3) is 0.267. The molecular formula is C15H16N2O2. The van der Waals surface area contributed by atoms with E-state index in [0.29, 0.717) is 11.7 Å². The summed E-state index contributed by atoms with van der Waals surface area (Å²) in [6.07, 6.45) is 5.02. The quantitative estimate of drug-likeness (QED) is 0.842. The highest BCUT2D eigenvalue weighted by Gasteiger charge is 2.31. The zero-order valence-electron chi connectivity index (χ0n) is 11.0.